The first-order valence-corrected chi connectivity index (χ1v) is 12.6. The van der Waals surface area contributed by atoms with E-state index in [-0.39, 0.29) is 6.04 Å². The molecule has 1 N–H and O–H groups in total. The van der Waals surface area contributed by atoms with E-state index in [0.717, 1.165) is 30.7 Å². The molecule has 0 spiro atoms. The number of unbranched alkanes of at least 4 members (excludes halogenated alkanes) is 1. The van der Waals surface area contributed by atoms with Crippen molar-refractivity contribution in [2.24, 2.45) is 0 Å². The van der Waals surface area contributed by atoms with E-state index in [9.17, 15) is 26.4 Å². The highest BCUT2D eigenvalue weighted by atomic mass is 35.5. The summed E-state index contributed by atoms with van der Waals surface area (Å²) in [5.74, 6) is 0.496. The molecule has 7 nitrogen and oxygen atoms in total. The Morgan fingerprint density at radius 3 is 2.59 bits per heavy atom. The highest BCUT2D eigenvalue weighted by molar-refractivity contribution is 7.93. The molecule has 0 amide bonds. The molecule has 1 aromatic heterocycles. The first-order valence-electron chi connectivity index (χ1n) is 10.8. The number of pyridine rings is 1. The van der Waals surface area contributed by atoms with Gasteiger partial charge in [0.15, 0.2) is 0 Å². The van der Waals surface area contributed by atoms with Crippen molar-refractivity contribution < 1.29 is 31.1 Å². The van der Waals surface area contributed by atoms with Crippen molar-refractivity contribution >= 4 is 27.3 Å². The number of nitrogens with one attached hydrogen (secondary N) is 1. The number of halogens is 4. The molecule has 0 bridgehead atoms. The number of aromatic nitrogens is 1. The molecule has 0 saturated heterocycles. The SMILES string of the molecule is CCCCC1Cc2cc(OCCCOC)c(Cl)cc2-c2cc(=O)c(NS(=O)(=O)C(F)(F)F)cn21. The van der Waals surface area contributed by atoms with Crippen LogP contribution in [0.5, 0.6) is 5.75 Å². The van der Waals surface area contributed by atoms with Crippen LogP contribution in [0.3, 0.4) is 0 Å². The number of ether oxygens (including phenoxy) is 2. The molecule has 1 unspecified atom stereocenters. The van der Waals surface area contributed by atoms with Gasteiger partial charge in [0.25, 0.3) is 0 Å². The van der Waals surface area contributed by atoms with Gasteiger partial charge in [0.2, 0.25) is 5.43 Å². The minimum absolute atomic E-state index is 0.195. The van der Waals surface area contributed by atoms with Crippen molar-refractivity contribution in [2.45, 2.75) is 50.6 Å². The van der Waals surface area contributed by atoms with Crippen LogP contribution in [-0.2, 0) is 21.2 Å². The summed E-state index contributed by atoms with van der Waals surface area (Å²) in [6.07, 6.45) is 4.75. The topological polar surface area (TPSA) is 86.6 Å². The lowest BCUT2D eigenvalue weighted by Crippen LogP contribution is -2.33. The lowest BCUT2D eigenvalue weighted by Gasteiger charge is -2.31. The molecule has 0 fully saturated rings. The highest BCUT2D eigenvalue weighted by Gasteiger charge is 2.46. The number of nitrogens with zero attached hydrogens (tertiary/aromatic N) is 1. The van der Waals surface area contributed by atoms with Gasteiger partial charge in [0.1, 0.15) is 11.4 Å². The van der Waals surface area contributed by atoms with Crippen molar-refractivity contribution in [1.82, 2.24) is 4.57 Å². The van der Waals surface area contributed by atoms with Crippen LogP contribution >= 0.6 is 11.6 Å². The maximum atomic E-state index is 12.9. The number of methoxy groups -OCH3 is 1. The third kappa shape index (κ3) is 5.69. The summed E-state index contributed by atoms with van der Waals surface area (Å²) in [6, 6.07) is 4.42. The number of benzene rings is 1. The summed E-state index contributed by atoms with van der Waals surface area (Å²) in [6.45, 7) is 2.96. The maximum Gasteiger partial charge on any atom is 0.516 e. The van der Waals surface area contributed by atoms with Gasteiger partial charge in [0, 0.05) is 44.0 Å². The smallest absolute Gasteiger partial charge is 0.492 e. The second kappa shape index (κ2) is 10.6. The second-order valence-corrected chi connectivity index (χ2v) is 10.1. The predicted octanol–water partition coefficient (Wildman–Crippen LogP) is 5.13. The standard InChI is InChI=1S/C22H26ClF3N2O5S/c1-3-4-6-15-9-14-10-21(33-8-5-7-32-2)17(23)11-16(14)19-12-20(29)18(13-28(15)19)27-34(30,31)22(24,25)26/h10-13,15,27H,3-9H2,1-2H3. The average Bonchev–Trinajstić information content (AvgIpc) is 2.75. The molecule has 34 heavy (non-hydrogen) atoms. The van der Waals surface area contributed by atoms with Gasteiger partial charge in [-0.05, 0) is 30.5 Å². The molecule has 0 radical (unpaired) electrons. The minimum atomic E-state index is -5.73. The zero-order valence-corrected chi connectivity index (χ0v) is 20.3. The van der Waals surface area contributed by atoms with Gasteiger partial charge in [-0.25, -0.2) is 0 Å². The fourth-order valence-corrected chi connectivity index (χ4v) is 4.66. The van der Waals surface area contributed by atoms with Crippen LogP contribution in [0.15, 0.2) is 29.2 Å². The summed E-state index contributed by atoms with van der Waals surface area (Å²) in [4.78, 5) is 12.6. The number of hydrogen-bond donors (Lipinski definition) is 1. The predicted molar refractivity (Wildman–Crippen MR) is 124 cm³/mol. The molecule has 1 aliphatic rings. The summed E-state index contributed by atoms with van der Waals surface area (Å²) < 4.78 is 75.5. The summed E-state index contributed by atoms with van der Waals surface area (Å²) in [7, 11) is -4.13. The Morgan fingerprint density at radius 1 is 1.21 bits per heavy atom. The van der Waals surface area contributed by atoms with Crippen molar-refractivity contribution in [3.8, 4) is 17.0 Å². The molecule has 0 aliphatic carbocycles. The van der Waals surface area contributed by atoms with Crippen molar-refractivity contribution in [3.05, 3.63) is 45.2 Å². The Balaban J connectivity index is 2.05. The van der Waals surface area contributed by atoms with E-state index in [1.807, 2.05) is 13.0 Å². The maximum absolute atomic E-state index is 12.9. The normalized spacial score (nSPS) is 15.5. The molecule has 2 heterocycles. The first kappa shape index (κ1) is 26.4. The Labute approximate surface area is 200 Å². The molecule has 3 rings (SSSR count). The number of sulfonamides is 1. The molecule has 0 saturated carbocycles. The summed E-state index contributed by atoms with van der Waals surface area (Å²) >= 11 is 6.41. The van der Waals surface area contributed by atoms with Crippen LogP contribution in [0.1, 0.15) is 44.2 Å². The Morgan fingerprint density at radius 2 is 1.94 bits per heavy atom. The van der Waals surface area contributed by atoms with Crippen LogP contribution in [0.25, 0.3) is 11.3 Å². The highest BCUT2D eigenvalue weighted by Crippen LogP contribution is 2.41. The fourth-order valence-electron chi connectivity index (χ4n) is 3.88. The van der Waals surface area contributed by atoms with Gasteiger partial charge < -0.3 is 14.0 Å². The Bertz CT molecular complexity index is 1200. The van der Waals surface area contributed by atoms with Gasteiger partial charge in [-0.3, -0.25) is 9.52 Å². The van der Waals surface area contributed by atoms with E-state index in [4.69, 9.17) is 21.1 Å². The molecule has 1 aliphatic heterocycles. The molecular weight excluding hydrogens is 497 g/mol. The van der Waals surface area contributed by atoms with Crippen LogP contribution in [-0.4, -0.2) is 38.8 Å². The van der Waals surface area contributed by atoms with E-state index in [2.05, 4.69) is 0 Å². The second-order valence-electron chi connectivity index (χ2n) is 8.03. The van der Waals surface area contributed by atoms with Crippen molar-refractivity contribution in [1.29, 1.82) is 0 Å². The van der Waals surface area contributed by atoms with Crippen LogP contribution in [0, 0.1) is 0 Å². The fraction of sp³-hybridized carbons (Fsp3) is 0.500. The summed E-state index contributed by atoms with van der Waals surface area (Å²) in [5, 5.41) is 0.323. The Hall–Kier alpha value is -2.24. The van der Waals surface area contributed by atoms with E-state index in [1.54, 1.807) is 17.7 Å². The molecule has 1 aromatic carbocycles. The molecular formula is C22H26ClF3N2O5S. The number of fused-ring (bicyclic) bond motifs is 3. The van der Waals surface area contributed by atoms with E-state index < -0.39 is 26.6 Å². The van der Waals surface area contributed by atoms with Gasteiger partial charge >= 0.3 is 15.5 Å². The number of rotatable bonds is 10. The molecule has 12 heteroatoms. The number of alkyl halides is 3. The number of anilines is 1. The third-order valence-electron chi connectivity index (χ3n) is 5.55. The zero-order chi connectivity index (χ0) is 25.1. The van der Waals surface area contributed by atoms with E-state index in [0.29, 0.717) is 54.5 Å². The van der Waals surface area contributed by atoms with Crippen LogP contribution in [0.2, 0.25) is 5.02 Å². The molecule has 2 aromatic rings. The van der Waals surface area contributed by atoms with Gasteiger partial charge in [-0.15, -0.1) is 0 Å². The Kier molecular flexibility index (Phi) is 8.20. The quantitative estimate of drug-likeness (QED) is 0.437. The van der Waals surface area contributed by atoms with E-state index in [1.165, 1.54) is 4.72 Å². The van der Waals surface area contributed by atoms with Crippen molar-refractivity contribution in [3.63, 3.8) is 0 Å². The van der Waals surface area contributed by atoms with Crippen LogP contribution < -0.4 is 14.9 Å². The lowest BCUT2D eigenvalue weighted by molar-refractivity contribution is -0.0429. The molecule has 1 atom stereocenters. The zero-order valence-electron chi connectivity index (χ0n) is 18.7. The first-order chi connectivity index (χ1) is 16.0. The van der Waals surface area contributed by atoms with Gasteiger partial charge in [0.05, 0.1) is 17.3 Å². The van der Waals surface area contributed by atoms with Crippen LogP contribution in [0.4, 0.5) is 18.9 Å². The average molecular weight is 523 g/mol. The van der Waals surface area contributed by atoms with E-state index >= 15 is 0 Å². The minimum Gasteiger partial charge on any atom is -0.492 e. The number of hydrogen-bond acceptors (Lipinski definition) is 5. The monoisotopic (exact) mass is 522 g/mol. The van der Waals surface area contributed by atoms with Gasteiger partial charge in [-0.1, -0.05) is 31.4 Å². The van der Waals surface area contributed by atoms with Gasteiger partial charge in [-0.2, -0.15) is 21.6 Å². The van der Waals surface area contributed by atoms with Crippen molar-refractivity contribution in [2.75, 3.05) is 25.0 Å². The largest absolute Gasteiger partial charge is 0.516 e. The lowest BCUT2D eigenvalue weighted by atomic mass is 9.90. The summed E-state index contributed by atoms with van der Waals surface area (Å²) in [5.41, 5.74) is -5.09. The molecule has 188 valence electrons. The third-order valence-corrected chi connectivity index (χ3v) is 6.95.